The van der Waals surface area contributed by atoms with E-state index in [1.165, 1.54) is 20.3 Å². The zero-order chi connectivity index (χ0) is 22.8. The summed E-state index contributed by atoms with van der Waals surface area (Å²) in [4.78, 5) is 2.00. The summed E-state index contributed by atoms with van der Waals surface area (Å²) in [5.74, 6) is 0.565. The highest BCUT2D eigenvalue weighted by Crippen LogP contribution is 2.23. The number of sulfonamides is 1. The quantitative estimate of drug-likeness (QED) is 0.452. The summed E-state index contributed by atoms with van der Waals surface area (Å²) in [5, 5.41) is 14.0. The molecule has 0 bridgehead atoms. The maximum absolute atomic E-state index is 14.3. The number of hydrogen-bond donors (Lipinski definition) is 0. The highest BCUT2D eigenvalue weighted by molar-refractivity contribution is 7.92. The van der Waals surface area contributed by atoms with Crippen LogP contribution in [0.25, 0.3) is 23.1 Å². The Hall–Kier alpha value is -3.63. The number of piperazine rings is 1. The van der Waals surface area contributed by atoms with E-state index in [0.717, 1.165) is 5.56 Å². The molecule has 1 aliphatic rings. The maximum Gasteiger partial charge on any atom is 0.236 e. The third kappa shape index (κ3) is 4.35. The first-order chi connectivity index (χ1) is 16.0. The average molecular weight is 465 g/mol. The van der Waals surface area contributed by atoms with Gasteiger partial charge in [0.25, 0.3) is 0 Å². The van der Waals surface area contributed by atoms with E-state index in [2.05, 4.69) is 15.3 Å². The fourth-order valence-corrected chi connectivity index (χ4v) is 4.92. The second-order valence-corrected chi connectivity index (χ2v) is 9.43. The van der Waals surface area contributed by atoms with Gasteiger partial charge in [0, 0.05) is 31.6 Å². The molecule has 8 nitrogen and oxygen atoms in total. The van der Waals surface area contributed by atoms with Crippen molar-refractivity contribution in [2.24, 2.45) is 0 Å². The number of fused-ring (bicyclic) bond motifs is 1. The number of anilines is 1. The Morgan fingerprint density at radius 3 is 2.33 bits per heavy atom. The van der Waals surface area contributed by atoms with Gasteiger partial charge in [0.2, 0.25) is 10.0 Å². The first-order valence-corrected chi connectivity index (χ1v) is 12.0. The predicted molar refractivity (Wildman–Crippen MR) is 124 cm³/mol. The van der Waals surface area contributed by atoms with Crippen LogP contribution < -0.4 is 4.90 Å². The Labute approximate surface area is 190 Å². The van der Waals surface area contributed by atoms with Crippen molar-refractivity contribution in [1.82, 2.24) is 24.1 Å². The van der Waals surface area contributed by atoms with Gasteiger partial charge in [-0.2, -0.15) is 8.82 Å². The van der Waals surface area contributed by atoms with Crippen molar-refractivity contribution in [2.75, 3.05) is 31.1 Å². The molecule has 2 aromatic heterocycles. The van der Waals surface area contributed by atoms with E-state index in [0.29, 0.717) is 49.0 Å². The summed E-state index contributed by atoms with van der Waals surface area (Å²) < 4.78 is 42.7. The molecule has 2 aromatic carbocycles. The Morgan fingerprint density at radius 2 is 1.58 bits per heavy atom. The van der Waals surface area contributed by atoms with E-state index in [-0.39, 0.29) is 0 Å². The van der Waals surface area contributed by atoms with Gasteiger partial charge in [-0.1, -0.05) is 42.5 Å². The topological polar surface area (TPSA) is 83.7 Å². The van der Waals surface area contributed by atoms with Gasteiger partial charge in [0.05, 0.1) is 5.56 Å². The fraction of sp³-hybridized carbons (Fsp3) is 0.174. The van der Waals surface area contributed by atoms with Gasteiger partial charge < -0.3 is 4.90 Å². The zero-order valence-corrected chi connectivity index (χ0v) is 18.4. The number of rotatable bonds is 5. The van der Waals surface area contributed by atoms with Gasteiger partial charge in [-0.25, -0.2) is 12.8 Å². The fourth-order valence-electron chi connectivity index (χ4n) is 3.74. The van der Waals surface area contributed by atoms with Crippen molar-refractivity contribution in [3.05, 3.63) is 83.5 Å². The van der Waals surface area contributed by atoms with Crippen LogP contribution in [-0.2, 0) is 10.0 Å². The van der Waals surface area contributed by atoms with Crippen LogP contribution in [0.3, 0.4) is 0 Å². The predicted octanol–water partition coefficient (Wildman–Crippen LogP) is 3.05. The normalized spacial score (nSPS) is 15.5. The molecule has 1 aliphatic heterocycles. The van der Waals surface area contributed by atoms with Gasteiger partial charge in [-0.3, -0.25) is 0 Å². The minimum Gasteiger partial charge on any atom is -0.353 e. The van der Waals surface area contributed by atoms with Gasteiger partial charge in [0.15, 0.2) is 11.5 Å². The molecule has 3 heterocycles. The van der Waals surface area contributed by atoms with Crippen molar-refractivity contribution >= 4 is 27.6 Å². The summed E-state index contributed by atoms with van der Waals surface area (Å²) in [7, 11) is -3.52. The molecule has 0 unspecified atom stereocenters. The molecule has 0 N–H and O–H groups in total. The van der Waals surface area contributed by atoms with Crippen molar-refractivity contribution in [1.29, 1.82) is 0 Å². The van der Waals surface area contributed by atoms with E-state index in [1.807, 2.05) is 41.3 Å². The first kappa shape index (κ1) is 21.2. The third-order valence-corrected chi connectivity index (χ3v) is 7.08. The summed E-state index contributed by atoms with van der Waals surface area (Å²) in [6.45, 7) is 1.63. The van der Waals surface area contributed by atoms with Crippen LogP contribution in [0.5, 0.6) is 0 Å². The Kier molecular flexibility index (Phi) is 5.61. The molecule has 5 rings (SSSR count). The monoisotopic (exact) mass is 464 g/mol. The maximum atomic E-state index is 14.3. The molecular weight excluding hydrogens is 443 g/mol. The molecule has 0 spiro atoms. The number of aromatic nitrogens is 4. The van der Waals surface area contributed by atoms with Gasteiger partial charge >= 0.3 is 0 Å². The molecule has 0 amide bonds. The van der Waals surface area contributed by atoms with Gasteiger partial charge in [-0.05, 0) is 35.9 Å². The molecule has 168 valence electrons. The molecule has 10 heteroatoms. The van der Waals surface area contributed by atoms with Crippen LogP contribution in [0.15, 0.2) is 72.1 Å². The average Bonchev–Trinajstić information content (AvgIpc) is 3.27. The zero-order valence-electron chi connectivity index (χ0n) is 17.6. The standard InChI is InChI=1S/C23H21FN6O2S/c24-20-9-5-4-8-19(20)23-26-25-21-10-11-22(27-30(21)23)28-13-15-29(16-14-28)33(31,32)17-12-18-6-2-1-3-7-18/h1-12,17H,13-16H2. The molecule has 33 heavy (non-hydrogen) atoms. The lowest BCUT2D eigenvalue weighted by molar-refractivity contribution is 0.388. The molecule has 1 saturated heterocycles. The Morgan fingerprint density at radius 1 is 0.848 bits per heavy atom. The summed E-state index contributed by atoms with van der Waals surface area (Å²) >= 11 is 0. The minimum atomic E-state index is -3.52. The minimum absolute atomic E-state index is 0.316. The van der Waals surface area contributed by atoms with Gasteiger partial charge in [-0.15, -0.1) is 15.3 Å². The smallest absolute Gasteiger partial charge is 0.236 e. The summed E-state index contributed by atoms with van der Waals surface area (Å²) in [6, 6.07) is 19.2. The SMILES string of the molecule is O=S(=O)(C=Cc1ccccc1)N1CCN(c2ccc3nnc(-c4ccccc4F)n3n2)CC1. The number of nitrogens with zero attached hydrogens (tertiary/aromatic N) is 6. The van der Waals surface area contributed by atoms with Crippen molar-refractivity contribution < 1.29 is 12.8 Å². The molecule has 0 saturated carbocycles. The van der Waals surface area contributed by atoms with Crippen LogP contribution >= 0.6 is 0 Å². The van der Waals surface area contributed by atoms with E-state index >= 15 is 0 Å². The van der Waals surface area contributed by atoms with Crippen LogP contribution in [0.1, 0.15) is 5.56 Å². The van der Waals surface area contributed by atoms with Crippen molar-refractivity contribution in [2.45, 2.75) is 0 Å². The first-order valence-electron chi connectivity index (χ1n) is 10.5. The largest absolute Gasteiger partial charge is 0.353 e. The van der Waals surface area contributed by atoms with Crippen molar-refractivity contribution in [3.63, 3.8) is 0 Å². The van der Waals surface area contributed by atoms with E-state index < -0.39 is 15.8 Å². The number of halogens is 1. The number of hydrogen-bond acceptors (Lipinski definition) is 6. The molecule has 0 aliphatic carbocycles. The lowest BCUT2D eigenvalue weighted by Crippen LogP contribution is -2.48. The second-order valence-electron chi connectivity index (χ2n) is 7.61. The van der Waals surface area contributed by atoms with Crippen LogP contribution in [-0.4, -0.2) is 58.7 Å². The highest BCUT2D eigenvalue weighted by atomic mass is 32.2. The summed E-state index contributed by atoms with van der Waals surface area (Å²) in [5.41, 5.74) is 1.65. The highest BCUT2D eigenvalue weighted by Gasteiger charge is 2.26. The lowest BCUT2D eigenvalue weighted by atomic mass is 10.2. The molecule has 1 fully saturated rings. The summed E-state index contributed by atoms with van der Waals surface area (Å²) in [6.07, 6.45) is 1.60. The molecule has 4 aromatic rings. The van der Waals surface area contributed by atoms with Crippen molar-refractivity contribution in [3.8, 4) is 11.4 Å². The van der Waals surface area contributed by atoms with Gasteiger partial charge in [0.1, 0.15) is 11.6 Å². The van der Waals surface area contributed by atoms with E-state index in [4.69, 9.17) is 0 Å². The molecular formula is C23H21FN6O2S. The van der Waals surface area contributed by atoms with Crippen LogP contribution in [0.4, 0.5) is 10.2 Å². The lowest BCUT2D eigenvalue weighted by Gasteiger charge is -2.33. The van der Waals surface area contributed by atoms with Crippen LogP contribution in [0.2, 0.25) is 0 Å². The van der Waals surface area contributed by atoms with Crippen LogP contribution in [0, 0.1) is 5.82 Å². The van der Waals surface area contributed by atoms with E-state index in [9.17, 15) is 12.8 Å². The molecule has 0 radical (unpaired) electrons. The Balaban J connectivity index is 1.33. The third-order valence-electron chi connectivity index (χ3n) is 5.52. The Bertz CT molecular complexity index is 1410. The number of benzene rings is 2. The molecule has 0 atom stereocenters. The van der Waals surface area contributed by atoms with E-state index in [1.54, 1.807) is 30.3 Å². The second kappa shape index (κ2) is 8.72.